The summed E-state index contributed by atoms with van der Waals surface area (Å²) in [4.78, 5) is 7.73. The van der Waals surface area contributed by atoms with Crippen LogP contribution in [-0.4, -0.2) is 71.6 Å². The van der Waals surface area contributed by atoms with E-state index in [-0.39, 0.29) is 22.3 Å². The molecule has 1 aliphatic rings. The molecule has 12 heteroatoms. The van der Waals surface area contributed by atoms with E-state index in [1.54, 1.807) is 0 Å². The standard InChI is InChI=1S/C12H16BFN4O6/c1-12(14)8(20)6(3-19)24-11(12)18-2-5(13(21)22)7-9(17-23)15-4-16-10(7)18/h2,4,6,8,11,19-23H,3H2,1H3,(H,15,16,17)/t6-,8-,11-,12-/m1/s1. The highest BCUT2D eigenvalue weighted by Gasteiger charge is 2.55. The van der Waals surface area contributed by atoms with Crippen LogP contribution in [0.4, 0.5) is 10.2 Å². The highest BCUT2D eigenvalue weighted by molar-refractivity contribution is 6.62. The van der Waals surface area contributed by atoms with Gasteiger partial charge in [0.15, 0.2) is 17.7 Å². The summed E-state index contributed by atoms with van der Waals surface area (Å²) in [5.74, 6) is -0.111. The molecule has 130 valence electrons. The van der Waals surface area contributed by atoms with Crippen LogP contribution >= 0.6 is 0 Å². The Morgan fingerprint density at radius 3 is 2.71 bits per heavy atom. The molecule has 1 aliphatic heterocycles. The zero-order valence-electron chi connectivity index (χ0n) is 12.5. The van der Waals surface area contributed by atoms with Gasteiger partial charge in [0.05, 0.1) is 12.0 Å². The zero-order chi connectivity index (χ0) is 17.6. The third-order valence-corrected chi connectivity index (χ3v) is 4.17. The summed E-state index contributed by atoms with van der Waals surface area (Å²) < 4.78 is 21.5. The van der Waals surface area contributed by atoms with E-state index in [0.29, 0.717) is 0 Å². The number of ether oxygens (including phenoxy) is 1. The molecular formula is C12H16BFN4O6. The van der Waals surface area contributed by atoms with E-state index >= 15 is 0 Å². The summed E-state index contributed by atoms with van der Waals surface area (Å²) in [6.45, 7) is 0.509. The van der Waals surface area contributed by atoms with Gasteiger partial charge in [-0.25, -0.2) is 14.4 Å². The average molecular weight is 342 g/mol. The molecule has 2 aromatic rings. The molecule has 0 bridgehead atoms. The van der Waals surface area contributed by atoms with Crippen molar-refractivity contribution >= 4 is 29.4 Å². The van der Waals surface area contributed by atoms with Crippen LogP contribution in [0.5, 0.6) is 0 Å². The summed E-state index contributed by atoms with van der Waals surface area (Å²) in [7, 11) is -1.95. The smallest absolute Gasteiger partial charge is 0.423 e. The minimum Gasteiger partial charge on any atom is -0.423 e. The molecule has 3 heterocycles. The lowest BCUT2D eigenvalue weighted by molar-refractivity contribution is -0.0563. The number of hydrogen-bond donors (Lipinski definition) is 6. The van der Waals surface area contributed by atoms with Crippen molar-refractivity contribution in [2.45, 2.75) is 31.0 Å². The number of anilines is 1. The van der Waals surface area contributed by atoms with Gasteiger partial charge in [0.2, 0.25) is 0 Å². The van der Waals surface area contributed by atoms with Crippen molar-refractivity contribution in [2.24, 2.45) is 0 Å². The van der Waals surface area contributed by atoms with Crippen LogP contribution < -0.4 is 10.9 Å². The molecule has 24 heavy (non-hydrogen) atoms. The maximum absolute atomic E-state index is 15.0. The van der Waals surface area contributed by atoms with Gasteiger partial charge in [-0.05, 0) is 6.92 Å². The third kappa shape index (κ3) is 2.35. The topological polar surface area (TPSA) is 153 Å². The molecule has 0 aromatic carbocycles. The van der Waals surface area contributed by atoms with Crippen molar-refractivity contribution in [1.82, 2.24) is 14.5 Å². The number of halogens is 1. The normalized spacial score (nSPS) is 30.0. The Kier molecular flexibility index (Phi) is 4.19. The van der Waals surface area contributed by atoms with Crippen molar-refractivity contribution in [3.05, 3.63) is 12.5 Å². The lowest BCUT2D eigenvalue weighted by atomic mass is 9.80. The Labute approximate surface area is 135 Å². The van der Waals surface area contributed by atoms with Crippen molar-refractivity contribution in [2.75, 3.05) is 12.1 Å². The first-order chi connectivity index (χ1) is 11.3. The van der Waals surface area contributed by atoms with Gasteiger partial charge in [-0.15, -0.1) is 0 Å². The number of hydrogen-bond acceptors (Lipinski definition) is 9. The van der Waals surface area contributed by atoms with Gasteiger partial charge in [0, 0.05) is 11.7 Å². The lowest BCUT2D eigenvalue weighted by Gasteiger charge is -2.25. The van der Waals surface area contributed by atoms with Crippen LogP contribution in [-0.2, 0) is 4.74 Å². The van der Waals surface area contributed by atoms with E-state index in [9.17, 15) is 24.7 Å². The number of nitrogens with one attached hydrogen (secondary N) is 1. The summed E-state index contributed by atoms with van der Waals surface area (Å²) in [5, 5.41) is 47.5. The molecule has 1 fully saturated rings. The second-order valence-corrected chi connectivity index (χ2v) is 5.70. The summed E-state index contributed by atoms with van der Waals surface area (Å²) in [6.07, 6.45) is -1.87. The van der Waals surface area contributed by atoms with Gasteiger partial charge < -0.3 is 29.6 Å². The fourth-order valence-electron chi connectivity index (χ4n) is 2.94. The van der Waals surface area contributed by atoms with Crippen LogP contribution in [0.3, 0.4) is 0 Å². The monoisotopic (exact) mass is 342 g/mol. The number of aromatic nitrogens is 3. The first kappa shape index (κ1) is 17.0. The van der Waals surface area contributed by atoms with E-state index in [1.807, 2.05) is 5.48 Å². The van der Waals surface area contributed by atoms with Gasteiger partial charge in [-0.3, -0.25) is 10.7 Å². The predicted molar refractivity (Wildman–Crippen MR) is 79.3 cm³/mol. The first-order valence-corrected chi connectivity index (χ1v) is 7.07. The van der Waals surface area contributed by atoms with Gasteiger partial charge in [-0.1, -0.05) is 0 Å². The molecule has 0 amide bonds. The molecule has 0 aliphatic carbocycles. The Bertz CT molecular complexity index is 756. The largest absolute Gasteiger partial charge is 0.490 e. The Morgan fingerprint density at radius 1 is 1.46 bits per heavy atom. The van der Waals surface area contributed by atoms with E-state index in [2.05, 4.69) is 9.97 Å². The molecule has 0 radical (unpaired) electrons. The summed E-state index contributed by atoms with van der Waals surface area (Å²) >= 11 is 0. The molecule has 6 N–H and O–H groups in total. The Hall–Kier alpha value is -1.83. The van der Waals surface area contributed by atoms with Gasteiger partial charge in [0.1, 0.15) is 24.2 Å². The molecule has 0 unspecified atom stereocenters. The number of rotatable bonds is 4. The van der Waals surface area contributed by atoms with Gasteiger partial charge in [0.25, 0.3) is 0 Å². The van der Waals surface area contributed by atoms with E-state index in [4.69, 9.17) is 9.94 Å². The number of fused-ring (bicyclic) bond motifs is 1. The van der Waals surface area contributed by atoms with Crippen molar-refractivity contribution < 1.29 is 34.6 Å². The van der Waals surface area contributed by atoms with Crippen LogP contribution in [0.1, 0.15) is 13.2 Å². The van der Waals surface area contributed by atoms with E-state index in [0.717, 1.165) is 17.8 Å². The second kappa shape index (κ2) is 5.91. The molecule has 4 atom stereocenters. The molecule has 1 saturated heterocycles. The Morgan fingerprint density at radius 2 is 2.17 bits per heavy atom. The number of alkyl halides is 1. The molecule has 3 rings (SSSR count). The van der Waals surface area contributed by atoms with Crippen LogP contribution in [0.15, 0.2) is 12.5 Å². The third-order valence-electron chi connectivity index (χ3n) is 4.17. The SMILES string of the molecule is C[C@@]1(F)[C@H](O)[C@@H](CO)O[C@H]1n1cc(B(O)O)c2c(NO)ncnc21. The Balaban J connectivity index is 2.21. The second-order valence-electron chi connectivity index (χ2n) is 5.70. The minimum atomic E-state index is -2.28. The van der Waals surface area contributed by atoms with Crippen LogP contribution in [0.25, 0.3) is 11.0 Å². The number of nitrogens with zero attached hydrogens (tertiary/aromatic N) is 3. The van der Waals surface area contributed by atoms with Gasteiger partial charge in [-0.2, -0.15) is 0 Å². The highest BCUT2D eigenvalue weighted by Crippen LogP contribution is 2.42. The van der Waals surface area contributed by atoms with Crippen LogP contribution in [0.2, 0.25) is 0 Å². The predicted octanol–water partition coefficient (Wildman–Crippen LogP) is -2.11. The zero-order valence-corrected chi connectivity index (χ0v) is 12.5. The van der Waals surface area contributed by atoms with Crippen LogP contribution in [0, 0.1) is 0 Å². The minimum absolute atomic E-state index is 0.0457. The lowest BCUT2D eigenvalue weighted by Crippen LogP contribution is -2.40. The fourth-order valence-corrected chi connectivity index (χ4v) is 2.94. The summed E-state index contributed by atoms with van der Waals surface area (Å²) in [6, 6.07) is 0. The van der Waals surface area contributed by atoms with Gasteiger partial charge >= 0.3 is 7.12 Å². The maximum Gasteiger partial charge on any atom is 0.490 e. The summed E-state index contributed by atoms with van der Waals surface area (Å²) in [5.41, 5.74) is -0.523. The van der Waals surface area contributed by atoms with Crippen molar-refractivity contribution in [1.29, 1.82) is 0 Å². The number of aliphatic hydroxyl groups excluding tert-OH is 2. The maximum atomic E-state index is 15.0. The van der Waals surface area contributed by atoms with Crippen molar-refractivity contribution in [3.8, 4) is 0 Å². The van der Waals surface area contributed by atoms with Crippen molar-refractivity contribution in [3.63, 3.8) is 0 Å². The van der Waals surface area contributed by atoms with E-state index in [1.165, 1.54) is 6.20 Å². The molecule has 0 saturated carbocycles. The molecular weight excluding hydrogens is 326 g/mol. The quantitative estimate of drug-likeness (QED) is 0.271. The number of aliphatic hydroxyl groups is 2. The fraction of sp³-hybridized carbons (Fsp3) is 0.500. The molecule has 10 nitrogen and oxygen atoms in total. The molecule has 2 aromatic heterocycles. The van der Waals surface area contributed by atoms with E-state index < -0.39 is 37.8 Å². The average Bonchev–Trinajstić information content (AvgIpc) is 3.04. The molecule has 0 spiro atoms. The first-order valence-electron chi connectivity index (χ1n) is 7.07. The highest BCUT2D eigenvalue weighted by atomic mass is 19.1.